The summed E-state index contributed by atoms with van der Waals surface area (Å²) in [5, 5.41) is 13.3. The minimum Gasteiger partial charge on any atom is -0.454 e. The van der Waals surface area contributed by atoms with Crippen LogP contribution in [-0.2, 0) is 4.79 Å². The van der Waals surface area contributed by atoms with Gasteiger partial charge < -0.3 is 14.8 Å². The second-order valence-corrected chi connectivity index (χ2v) is 8.70. The van der Waals surface area contributed by atoms with Crippen molar-refractivity contribution in [1.29, 1.82) is 0 Å². The smallest absolute Gasteiger partial charge is 0.234 e. The largest absolute Gasteiger partial charge is 0.454 e. The number of anilines is 1. The highest BCUT2D eigenvalue weighted by Crippen LogP contribution is 2.37. The highest BCUT2D eigenvalue weighted by atomic mass is 32.2. The predicted molar refractivity (Wildman–Crippen MR) is 134 cm³/mol. The van der Waals surface area contributed by atoms with Crippen LogP contribution in [0.25, 0.3) is 28.0 Å². The molecule has 0 fully saturated rings. The third kappa shape index (κ3) is 4.17. The van der Waals surface area contributed by atoms with E-state index < -0.39 is 0 Å². The molecule has 0 bridgehead atoms. The zero-order chi connectivity index (χ0) is 23.6. The summed E-state index contributed by atoms with van der Waals surface area (Å²) in [6, 6.07) is 24.9. The topological polar surface area (TPSA) is 91.2 Å². The molecule has 0 spiro atoms. The molecule has 1 aliphatic heterocycles. The summed E-state index contributed by atoms with van der Waals surface area (Å²) in [5.41, 5.74) is 3.29. The van der Waals surface area contributed by atoms with E-state index in [-0.39, 0.29) is 18.5 Å². The number of para-hydroxylation sites is 1. The van der Waals surface area contributed by atoms with Crippen molar-refractivity contribution in [3.8, 4) is 28.6 Å². The third-order valence-electron chi connectivity index (χ3n) is 5.53. The van der Waals surface area contributed by atoms with Crippen molar-refractivity contribution in [2.24, 2.45) is 0 Å². The number of pyridine rings is 1. The predicted octanol–water partition coefficient (Wildman–Crippen LogP) is 4.94. The fourth-order valence-corrected chi connectivity index (χ4v) is 4.68. The summed E-state index contributed by atoms with van der Waals surface area (Å²) in [7, 11) is 0. The number of aromatic nitrogens is 4. The molecule has 2 aromatic heterocycles. The lowest BCUT2D eigenvalue weighted by Gasteiger charge is -2.11. The van der Waals surface area contributed by atoms with E-state index in [0.29, 0.717) is 22.5 Å². The first-order valence-corrected chi connectivity index (χ1v) is 11.9. The number of hydrogen-bond donors (Lipinski definition) is 1. The van der Waals surface area contributed by atoms with E-state index >= 15 is 0 Å². The van der Waals surface area contributed by atoms with E-state index in [0.717, 1.165) is 27.8 Å². The van der Waals surface area contributed by atoms with Gasteiger partial charge >= 0.3 is 0 Å². The SMILES string of the molecule is O=C(CSc1nnc(-c2ccc3c(c2)OCO3)n1-c1ccccc1)Nc1cccc2ncccc12. The van der Waals surface area contributed by atoms with Gasteiger partial charge in [-0.2, -0.15) is 0 Å². The summed E-state index contributed by atoms with van der Waals surface area (Å²) in [5.74, 6) is 2.05. The number of amides is 1. The highest BCUT2D eigenvalue weighted by molar-refractivity contribution is 7.99. The number of fused-ring (bicyclic) bond motifs is 2. The van der Waals surface area contributed by atoms with Crippen LogP contribution >= 0.6 is 11.8 Å². The van der Waals surface area contributed by atoms with Crippen LogP contribution in [0, 0.1) is 0 Å². The van der Waals surface area contributed by atoms with E-state index in [1.165, 1.54) is 11.8 Å². The number of nitrogens with zero attached hydrogens (tertiary/aromatic N) is 4. The van der Waals surface area contributed by atoms with Gasteiger partial charge in [-0.1, -0.05) is 36.0 Å². The normalized spacial score (nSPS) is 12.1. The lowest BCUT2D eigenvalue weighted by atomic mass is 10.2. The molecule has 6 rings (SSSR count). The van der Waals surface area contributed by atoms with Crippen LogP contribution in [0.3, 0.4) is 0 Å². The molecular weight excluding hydrogens is 462 g/mol. The molecule has 8 nitrogen and oxygen atoms in total. The van der Waals surface area contributed by atoms with E-state index in [9.17, 15) is 4.79 Å². The Bertz CT molecular complexity index is 1530. The minimum atomic E-state index is -0.140. The molecular formula is C26H19N5O3S. The van der Waals surface area contributed by atoms with E-state index in [1.54, 1.807) is 6.20 Å². The average Bonchev–Trinajstić information content (AvgIpc) is 3.55. The summed E-state index contributed by atoms with van der Waals surface area (Å²) < 4.78 is 12.9. The van der Waals surface area contributed by atoms with Crippen molar-refractivity contribution >= 4 is 34.3 Å². The summed E-state index contributed by atoms with van der Waals surface area (Å²) in [6.45, 7) is 0.202. The fourth-order valence-electron chi connectivity index (χ4n) is 3.92. The summed E-state index contributed by atoms with van der Waals surface area (Å²) in [6.07, 6.45) is 1.73. The summed E-state index contributed by atoms with van der Waals surface area (Å²) >= 11 is 1.32. The van der Waals surface area contributed by atoms with Crippen molar-refractivity contribution in [1.82, 2.24) is 19.7 Å². The number of benzene rings is 3. The molecule has 3 heterocycles. The molecule has 0 radical (unpaired) electrons. The van der Waals surface area contributed by atoms with Crippen LogP contribution in [0.15, 0.2) is 90.2 Å². The Morgan fingerprint density at radius 2 is 1.83 bits per heavy atom. The Morgan fingerprint density at radius 3 is 2.74 bits per heavy atom. The number of rotatable bonds is 6. The molecule has 1 N–H and O–H groups in total. The van der Waals surface area contributed by atoms with Gasteiger partial charge in [0.25, 0.3) is 0 Å². The second-order valence-electron chi connectivity index (χ2n) is 7.76. The molecule has 35 heavy (non-hydrogen) atoms. The summed E-state index contributed by atoms with van der Waals surface area (Å²) in [4.78, 5) is 17.2. The number of ether oxygens (including phenoxy) is 2. The zero-order valence-electron chi connectivity index (χ0n) is 18.4. The van der Waals surface area contributed by atoms with Gasteiger partial charge in [0.2, 0.25) is 12.7 Å². The number of nitrogens with one attached hydrogen (secondary N) is 1. The monoisotopic (exact) mass is 481 g/mol. The van der Waals surface area contributed by atoms with Gasteiger partial charge in [-0.3, -0.25) is 14.3 Å². The van der Waals surface area contributed by atoms with Crippen LogP contribution in [0.1, 0.15) is 0 Å². The Labute approximate surface area is 204 Å². The molecule has 1 amide bonds. The van der Waals surface area contributed by atoms with Gasteiger partial charge in [-0.25, -0.2) is 0 Å². The average molecular weight is 482 g/mol. The Hall–Kier alpha value is -4.37. The van der Waals surface area contributed by atoms with Crippen molar-refractivity contribution in [2.45, 2.75) is 5.16 Å². The zero-order valence-corrected chi connectivity index (χ0v) is 19.2. The Balaban J connectivity index is 1.28. The van der Waals surface area contributed by atoms with Crippen LogP contribution in [0.4, 0.5) is 5.69 Å². The van der Waals surface area contributed by atoms with Crippen molar-refractivity contribution in [2.75, 3.05) is 17.9 Å². The molecule has 0 unspecified atom stereocenters. The van der Waals surface area contributed by atoms with E-state index in [2.05, 4.69) is 20.5 Å². The lowest BCUT2D eigenvalue weighted by Crippen LogP contribution is -2.15. The standard InChI is InChI=1S/C26H19N5O3S/c32-24(28-21-10-4-9-20-19(21)8-5-13-27-20)15-35-26-30-29-25(31(26)18-6-2-1-3-7-18)17-11-12-22-23(14-17)34-16-33-22/h1-14H,15-16H2,(H,28,32). The van der Waals surface area contributed by atoms with Crippen LogP contribution in [0.2, 0.25) is 0 Å². The molecule has 0 atom stereocenters. The molecule has 5 aromatic rings. The minimum absolute atomic E-state index is 0.140. The number of carbonyl (C=O) groups excluding carboxylic acids is 1. The number of hydrogen-bond acceptors (Lipinski definition) is 7. The van der Waals surface area contributed by atoms with Crippen molar-refractivity contribution in [3.05, 3.63) is 85.1 Å². The molecule has 9 heteroatoms. The second kappa shape index (κ2) is 9.11. The van der Waals surface area contributed by atoms with Gasteiger partial charge in [0.15, 0.2) is 22.5 Å². The van der Waals surface area contributed by atoms with Crippen LogP contribution in [-0.4, -0.2) is 38.2 Å². The van der Waals surface area contributed by atoms with Gasteiger partial charge in [-0.15, -0.1) is 10.2 Å². The van der Waals surface area contributed by atoms with Gasteiger partial charge in [0.05, 0.1) is 17.0 Å². The first kappa shape index (κ1) is 21.2. The Morgan fingerprint density at radius 1 is 0.943 bits per heavy atom. The maximum Gasteiger partial charge on any atom is 0.234 e. The van der Waals surface area contributed by atoms with Crippen LogP contribution in [0.5, 0.6) is 11.5 Å². The molecule has 1 aliphatic rings. The van der Waals surface area contributed by atoms with Crippen molar-refractivity contribution in [3.63, 3.8) is 0 Å². The maximum atomic E-state index is 12.8. The van der Waals surface area contributed by atoms with Crippen LogP contribution < -0.4 is 14.8 Å². The van der Waals surface area contributed by atoms with E-state index in [4.69, 9.17) is 9.47 Å². The van der Waals surface area contributed by atoms with Gasteiger partial charge in [-0.05, 0) is 54.6 Å². The molecule has 0 saturated carbocycles. The van der Waals surface area contributed by atoms with Gasteiger partial charge in [0.1, 0.15) is 0 Å². The molecule has 0 aliphatic carbocycles. The van der Waals surface area contributed by atoms with Crippen molar-refractivity contribution < 1.29 is 14.3 Å². The molecule has 172 valence electrons. The maximum absolute atomic E-state index is 12.8. The first-order chi connectivity index (χ1) is 17.3. The first-order valence-electron chi connectivity index (χ1n) is 10.9. The molecule has 0 saturated heterocycles. The number of carbonyl (C=O) groups is 1. The quantitative estimate of drug-likeness (QED) is 0.344. The third-order valence-corrected chi connectivity index (χ3v) is 6.46. The Kier molecular flexibility index (Phi) is 5.51. The van der Waals surface area contributed by atoms with E-state index in [1.807, 2.05) is 83.4 Å². The molecule has 3 aromatic carbocycles. The highest BCUT2D eigenvalue weighted by Gasteiger charge is 2.20. The van der Waals surface area contributed by atoms with Gasteiger partial charge in [0, 0.05) is 22.8 Å². The number of thioether (sulfide) groups is 1. The lowest BCUT2D eigenvalue weighted by molar-refractivity contribution is -0.113. The fraction of sp³-hybridized carbons (Fsp3) is 0.0769.